The first-order chi connectivity index (χ1) is 16.0. The van der Waals surface area contributed by atoms with Gasteiger partial charge in [-0.05, 0) is 29.8 Å². The molecule has 0 unspecified atom stereocenters. The van der Waals surface area contributed by atoms with Crippen LogP contribution in [0.1, 0.15) is 47.2 Å². The molecule has 34 heavy (non-hydrogen) atoms. The number of amides is 1. The number of Topliss-reactive ketones (excluding diaryl/α,β-unsaturated/α-hetero) is 1. The van der Waals surface area contributed by atoms with Crippen molar-refractivity contribution in [1.29, 1.82) is 0 Å². The molecule has 0 aliphatic carbocycles. The van der Waals surface area contributed by atoms with Gasteiger partial charge in [-0.25, -0.2) is 4.39 Å². The Balaban J connectivity index is 1.80. The number of aliphatic hydroxyl groups excluding tert-OH is 1. The summed E-state index contributed by atoms with van der Waals surface area (Å²) in [7, 11) is 1.70. The molecule has 8 nitrogen and oxygen atoms in total. The average molecular weight is 464 g/mol. The maximum absolute atomic E-state index is 15.4. The van der Waals surface area contributed by atoms with Crippen LogP contribution in [0.4, 0.5) is 10.1 Å². The van der Waals surface area contributed by atoms with Crippen LogP contribution in [0.2, 0.25) is 0 Å². The third-order valence-corrected chi connectivity index (χ3v) is 5.49. The van der Waals surface area contributed by atoms with E-state index in [1.807, 2.05) is 0 Å². The summed E-state index contributed by atoms with van der Waals surface area (Å²) in [5.41, 5.74) is 0.906. The number of carbonyl (C=O) groups excluding carboxylic acids is 2. The van der Waals surface area contributed by atoms with Gasteiger partial charge in [-0.3, -0.25) is 14.3 Å². The van der Waals surface area contributed by atoms with Crippen molar-refractivity contribution in [3.63, 3.8) is 0 Å². The van der Waals surface area contributed by atoms with Gasteiger partial charge in [-0.2, -0.15) is 5.10 Å². The minimum absolute atomic E-state index is 0.0817. The average Bonchev–Trinajstić information content (AvgIpc) is 3.37. The zero-order valence-corrected chi connectivity index (χ0v) is 19.3. The lowest BCUT2D eigenvalue weighted by molar-refractivity contribution is 0.0852. The number of benzene rings is 1. The van der Waals surface area contributed by atoms with E-state index in [1.54, 1.807) is 34.0 Å². The van der Waals surface area contributed by atoms with Crippen LogP contribution in [0, 0.1) is 11.2 Å². The highest BCUT2D eigenvalue weighted by Gasteiger charge is 2.28. The highest BCUT2D eigenvalue weighted by Crippen LogP contribution is 2.31. The summed E-state index contributed by atoms with van der Waals surface area (Å²) in [6.45, 7) is 4.95. The van der Waals surface area contributed by atoms with E-state index >= 15 is 4.39 Å². The van der Waals surface area contributed by atoms with Crippen molar-refractivity contribution in [2.75, 3.05) is 5.32 Å². The smallest absolute Gasteiger partial charge is 0.257 e. The van der Waals surface area contributed by atoms with E-state index in [2.05, 4.69) is 10.4 Å². The largest absolute Gasteiger partial charge is 0.508 e. The quantitative estimate of drug-likeness (QED) is 0.385. The summed E-state index contributed by atoms with van der Waals surface area (Å²) in [5, 5.41) is 26.3. The number of aromatic hydroxyl groups is 1. The van der Waals surface area contributed by atoms with Crippen LogP contribution < -0.4 is 5.32 Å². The molecule has 0 spiro atoms. The molecule has 3 heterocycles. The number of pyridine rings is 1. The van der Waals surface area contributed by atoms with Crippen LogP contribution in [0.25, 0.3) is 16.6 Å². The Morgan fingerprint density at radius 3 is 2.53 bits per heavy atom. The summed E-state index contributed by atoms with van der Waals surface area (Å²) < 4.78 is 18.4. The third-order valence-electron chi connectivity index (χ3n) is 5.49. The minimum atomic E-state index is -0.708. The van der Waals surface area contributed by atoms with Crippen LogP contribution in [-0.4, -0.2) is 36.1 Å². The molecule has 3 N–H and O–H groups in total. The number of carbonyl (C=O) groups is 2. The first-order valence-electron chi connectivity index (χ1n) is 10.6. The van der Waals surface area contributed by atoms with Crippen LogP contribution in [-0.2, 0) is 13.7 Å². The molecule has 4 aromatic rings. The number of aryl methyl sites for hydroxylation is 1. The van der Waals surface area contributed by atoms with Crippen molar-refractivity contribution in [3.05, 3.63) is 71.6 Å². The molecule has 9 heteroatoms. The zero-order valence-electron chi connectivity index (χ0n) is 19.3. The van der Waals surface area contributed by atoms with Gasteiger partial charge in [-0.1, -0.05) is 20.8 Å². The van der Waals surface area contributed by atoms with Crippen LogP contribution in [0.15, 0.2) is 48.9 Å². The molecule has 4 rings (SSSR count). The lowest BCUT2D eigenvalue weighted by Crippen LogP contribution is -2.21. The molecular formula is C25H25FN4O4. The number of nitrogens with zero attached hydrogens (tertiary/aromatic N) is 3. The lowest BCUT2D eigenvalue weighted by Gasteiger charge is -2.16. The Morgan fingerprint density at radius 2 is 1.91 bits per heavy atom. The summed E-state index contributed by atoms with van der Waals surface area (Å²) in [6.07, 6.45) is 4.62. The van der Waals surface area contributed by atoms with Gasteiger partial charge >= 0.3 is 0 Å². The number of rotatable bonds is 5. The van der Waals surface area contributed by atoms with Gasteiger partial charge in [0.15, 0.2) is 11.6 Å². The fraction of sp³-hybridized carbons (Fsp3) is 0.240. The van der Waals surface area contributed by atoms with Crippen LogP contribution in [0.5, 0.6) is 5.75 Å². The summed E-state index contributed by atoms with van der Waals surface area (Å²) in [5.74, 6) is -1.63. The summed E-state index contributed by atoms with van der Waals surface area (Å²) in [6, 6.07) is 7.07. The van der Waals surface area contributed by atoms with E-state index in [-0.39, 0.29) is 40.6 Å². The number of aromatic nitrogens is 3. The van der Waals surface area contributed by atoms with Gasteiger partial charge in [0.2, 0.25) is 0 Å². The molecule has 3 aromatic heterocycles. The van der Waals surface area contributed by atoms with Crippen molar-refractivity contribution in [2.45, 2.75) is 27.4 Å². The van der Waals surface area contributed by atoms with Crippen molar-refractivity contribution >= 4 is 22.9 Å². The molecule has 1 amide bonds. The summed E-state index contributed by atoms with van der Waals surface area (Å²) in [4.78, 5) is 26.3. The second-order valence-electron chi connectivity index (χ2n) is 9.18. The molecular weight excluding hydrogens is 439 g/mol. The number of ketones is 1. The first kappa shape index (κ1) is 23.2. The van der Waals surface area contributed by atoms with Crippen LogP contribution >= 0.6 is 0 Å². The Labute approximate surface area is 195 Å². The molecule has 176 valence electrons. The van der Waals surface area contributed by atoms with Gasteiger partial charge in [0, 0.05) is 42.0 Å². The Bertz CT molecular complexity index is 1430. The van der Waals surface area contributed by atoms with E-state index in [0.29, 0.717) is 16.6 Å². The van der Waals surface area contributed by atoms with Crippen molar-refractivity contribution < 1.29 is 24.2 Å². The molecule has 0 fully saturated rings. The number of aliphatic hydroxyl groups is 1. The minimum Gasteiger partial charge on any atom is -0.508 e. The third kappa shape index (κ3) is 4.17. The Morgan fingerprint density at radius 1 is 1.18 bits per heavy atom. The van der Waals surface area contributed by atoms with Gasteiger partial charge in [0.1, 0.15) is 5.75 Å². The molecule has 0 aliphatic rings. The highest BCUT2D eigenvalue weighted by molar-refractivity contribution is 6.12. The Kier molecular flexibility index (Phi) is 5.74. The lowest BCUT2D eigenvalue weighted by atomic mass is 9.89. The zero-order chi connectivity index (χ0) is 24.8. The predicted molar refractivity (Wildman–Crippen MR) is 125 cm³/mol. The van der Waals surface area contributed by atoms with Crippen molar-refractivity contribution in [3.8, 4) is 16.9 Å². The van der Waals surface area contributed by atoms with E-state index in [4.69, 9.17) is 0 Å². The fourth-order valence-electron chi connectivity index (χ4n) is 3.75. The standard InChI is InChI=1S/C25H25FN4O4/c1-25(2,3)23(33)21-10-18(20-9-16(32)5-6-30(20)21)24(34)28-19-8-14(13-31)7-17(22(19)26)15-11-27-29(4)12-15/h5-12,31-32H,13H2,1-4H3,(H,28,34). The summed E-state index contributed by atoms with van der Waals surface area (Å²) >= 11 is 0. The Hall–Kier alpha value is -3.98. The topological polar surface area (TPSA) is 109 Å². The normalized spacial score (nSPS) is 11.7. The predicted octanol–water partition coefficient (Wildman–Crippen LogP) is 4.16. The number of hydrogen-bond acceptors (Lipinski definition) is 5. The number of hydrogen-bond donors (Lipinski definition) is 3. The first-order valence-corrected chi connectivity index (χ1v) is 10.6. The van der Waals surface area contributed by atoms with Crippen LogP contribution in [0.3, 0.4) is 0 Å². The van der Waals surface area contributed by atoms with Gasteiger partial charge in [-0.15, -0.1) is 0 Å². The molecule has 1 aromatic carbocycles. The molecule has 0 bridgehead atoms. The fourth-order valence-corrected chi connectivity index (χ4v) is 3.75. The molecule has 0 radical (unpaired) electrons. The van der Waals surface area contributed by atoms with Gasteiger partial charge in [0.05, 0.1) is 35.3 Å². The number of fused-ring (bicyclic) bond motifs is 1. The number of nitrogens with one attached hydrogen (secondary N) is 1. The second-order valence-corrected chi connectivity index (χ2v) is 9.18. The molecule has 0 aliphatic heterocycles. The van der Waals surface area contributed by atoms with E-state index < -0.39 is 17.1 Å². The second kappa shape index (κ2) is 8.42. The van der Waals surface area contributed by atoms with E-state index in [1.165, 1.54) is 51.8 Å². The SMILES string of the molecule is Cn1cc(-c2cc(CO)cc(NC(=O)c3cc(C(=O)C(C)(C)C)n4ccc(O)cc34)c2F)cn1. The molecule has 0 atom stereocenters. The maximum atomic E-state index is 15.4. The number of anilines is 1. The van der Waals surface area contributed by atoms with Crippen molar-refractivity contribution in [1.82, 2.24) is 14.2 Å². The van der Waals surface area contributed by atoms with Gasteiger partial charge in [0.25, 0.3) is 5.91 Å². The van der Waals surface area contributed by atoms with E-state index in [0.717, 1.165) is 0 Å². The maximum Gasteiger partial charge on any atom is 0.257 e. The monoisotopic (exact) mass is 464 g/mol. The number of halogens is 1. The highest BCUT2D eigenvalue weighted by atomic mass is 19.1. The van der Waals surface area contributed by atoms with Crippen molar-refractivity contribution in [2.24, 2.45) is 12.5 Å². The van der Waals surface area contributed by atoms with Gasteiger partial charge < -0.3 is 19.9 Å². The molecule has 0 saturated carbocycles. The molecule has 0 saturated heterocycles. The van der Waals surface area contributed by atoms with E-state index in [9.17, 15) is 19.8 Å².